The summed E-state index contributed by atoms with van der Waals surface area (Å²) >= 11 is 0. The van der Waals surface area contributed by atoms with Crippen LogP contribution in [0.15, 0.2) is 0 Å². The molecule has 1 atom stereocenters. The number of carbonyl (C=O) groups is 2. The predicted octanol–water partition coefficient (Wildman–Crippen LogP) is 3.53. The maximum Gasteiger partial charge on any atom is 0.313 e. The summed E-state index contributed by atoms with van der Waals surface area (Å²) < 4.78 is 4.99. The highest BCUT2D eigenvalue weighted by molar-refractivity contribution is 7.90. The molecule has 0 spiro atoms. The van der Waals surface area contributed by atoms with Gasteiger partial charge in [-0.1, -0.05) is 58.9 Å². The Bertz CT molecular complexity index is 390. The molecule has 0 bridgehead atoms. The first-order valence-electron chi connectivity index (χ1n) is 7.41. The molecule has 0 aromatic heterocycles. The summed E-state index contributed by atoms with van der Waals surface area (Å²) in [4.78, 5) is 24.1. The van der Waals surface area contributed by atoms with Crippen LogP contribution in [0.5, 0.6) is 0 Å². The van der Waals surface area contributed by atoms with Gasteiger partial charge in [-0.3, -0.25) is 9.59 Å². The smallest absolute Gasteiger partial charge is 0.313 e. The fourth-order valence-electron chi connectivity index (χ4n) is 5.75. The molecule has 116 valence electrons. The van der Waals surface area contributed by atoms with Crippen LogP contribution in [0.25, 0.3) is 0 Å². The quantitative estimate of drug-likeness (QED) is 0.444. The van der Waals surface area contributed by atoms with Crippen LogP contribution in [0.1, 0.15) is 6.42 Å². The SMILES string of the molecule is C[Si](C)(C)[Si](C1CC(=O)OC1=O)([Si](C)(C)C)[Si](C)(C)C. The molecule has 0 radical (unpaired) electrons. The van der Waals surface area contributed by atoms with Crippen molar-refractivity contribution in [1.29, 1.82) is 0 Å². The van der Waals surface area contributed by atoms with Gasteiger partial charge in [-0.05, 0) is 0 Å². The molecule has 1 saturated heterocycles. The Hall–Kier alpha value is 0.00753. The van der Waals surface area contributed by atoms with E-state index in [2.05, 4.69) is 58.9 Å². The number of cyclic esters (lactones) is 2. The summed E-state index contributed by atoms with van der Waals surface area (Å²) in [6.45, 7) is 20.1. The minimum atomic E-state index is -1.85. The first-order chi connectivity index (χ1) is 8.66. The summed E-state index contributed by atoms with van der Waals surface area (Å²) in [6.07, 6.45) is 0.365. The van der Waals surface area contributed by atoms with E-state index in [0.717, 1.165) is 0 Å². The van der Waals surface area contributed by atoms with E-state index in [9.17, 15) is 9.59 Å². The minimum Gasteiger partial charge on any atom is -0.393 e. The molecule has 1 aliphatic heterocycles. The van der Waals surface area contributed by atoms with Crippen molar-refractivity contribution in [2.24, 2.45) is 0 Å². The van der Waals surface area contributed by atoms with Gasteiger partial charge in [-0.2, -0.15) is 0 Å². The van der Waals surface area contributed by atoms with E-state index in [1.807, 2.05) is 0 Å². The van der Waals surface area contributed by atoms with E-state index in [0.29, 0.717) is 6.42 Å². The van der Waals surface area contributed by atoms with Crippen molar-refractivity contribution in [2.45, 2.75) is 70.9 Å². The van der Waals surface area contributed by atoms with E-state index in [-0.39, 0.29) is 17.5 Å². The summed E-state index contributed by atoms with van der Waals surface area (Å²) in [5, 5.41) is 0. The van der Waals surface area contributed by atoms with Crippen molar-refractivity contribution in [3.05, 3.63) is 0 Å². The van der Waals surface area contributed by atoms with Gasteiger partial charge in [-0.15, -0.1) is 0 Å². The lowest BCUT2D eigenvalue weighted by molar-refractivity contribution is -0.151. The third kappa shape index (κ3) is 2.57. The zero-order valence-electron chi connectivity index (χ0n) is 14.5. The highest BCUT2D eigenvalue weighted by Gasteiger charge is 2.68. The summed E-state index contributed by atoms with van der Waals surface area (Å²) in [5.41, 5.74) is -0.0556. The topological polar surface area (TPSA) is 43.4 Å². The number of hydrogen-bond acceptors (Lipinski definition) is 3. The van der Waals surface area contributed by atoms with Gasteiger partial charge in [0.2, 0.25) is 0 Å². The average molecular weight is 347 g/mol. The van der Waals surface area contributed by atoms with Crippen LogP contribution < -0.4 is 0 Å². The maximum absolute atomic E-state index is 12.4. The van der Waals surface area contributed by atoms with Crippen molar-refractivity contribution in [2.75, 3.05) is 0 Å². The van der Waals surface area contributed by atoms with E-state index in [4.69, 9.17) is 4.74 Å². The number of ether oxygens (including phenoxy) is 1. The molecular formula is C13H30O3Si4. The highest BCUT2D eigenvalue weighted by atomic mass is 29.9. The Labute approximate surface area is 126 Å². The molecule has 1 fully saturated rings. The molecule has 0 N–H and O–H groups in total. The molecular weight excluding hydrogens is 316 g/mol. The summed E-state index contributed by atoms with van der Waals surface area (Å²) in [7, 11) is -4.60. The van der Waals surface area contributed by atoms with Crippen LogP contribution in [0.3, 0.4) is 0 Å². The Kier molecular flexibility index (Phi) is 4.54. The van der Waals surface area contributed by atoms with Gasteiger partial charge < -0.3 is 4.74 Å². The Morgan fingerprint density at radius 1 is 0.800 bits per heavy atom. The standard InChI is InChI=1S/C13H30O3Si4/c1-17(2,3)20(18(4,5)6,19(7,8)9)11-10-12(14)16-13(11)15/h11H,10H2,1-9H3. The largest absolute Gasteiger partial charge is 0.393 e. The molecule has 1 unspecified atom stereocenters. The van der Waals surface area contributed by atoms with E-state index < -0.39 is 29.4 Å². The molecule has 0 aliphatic carbocycles. The average Bonchev–Trinajstić information content (AvgIpc) is 2.38. The van der Waals surface area contributed by atoms with Crippen LogP contribution in [-0.2, 0) is 14.3 Å². The maximum atomic E-state index is 12.4. The predicted molar refractivity (Wildman–Crippen MR) is 95.3 cm³/mol. The zero-order valence-corrected chi connectivity index (χ0v) is 18.5. The lowest BCUT2D eigenvalue weighted by Gasteiger charge is -2.59. The van der Waals surface area contributed by atoms with Crippen LogP contribution >= 0.6 is 0 Å². The van der Waals surface area contributed by atoms with Crippen LogP contribution in [0.4, 0.5) is 0 Å². The van der Waals surface area contributed by atoms with Crippen LogP contribution in [-0.4, -0.2) is 41.3 Å². The molecule has 1 aliphatic rings. The van der Waals surface area contributed by atoms with Gasteiger partial charge in [0.25, 0.3) is 0 Å². The third-order valence-corrected chi connectivity index (χ3v) is 78.5. The lowest BCUT2D eigenvalue weighted by Crippen LogP contribution is -2.85. The zero-order chi connectivity index (χ0) is 16.1. The van der Waals surface area contributed by atoms with E-state index >= 15 is 0 Å². The van der Waals surface area contributed by atoms with Gasteiger partial charge in [-0.25, -0.2) is 0 Å². The number of carbonyl (C=O) groups excluding carboxylic acids is 2. The second kappa shape index (κ2) is 5.03. The summed E-state index contributed by atoms with van der Waals surface area (Å²) in [6, 6.07) is 0. The van der Waals surface area contributed by atoms with Crippen LogP contribution in [0, 0.1) is 0 Å². The van der Waals surface area contributed by atoms with Gasteiger partial charge >= 0.3 is 11.9 Å². The molecule has 20 heavy (non-hydrogen) atoms. The molecule has 7 heteroatoms. The minimum absolute atomic E-state index is 0.0556. The molecule has 1 rings (SSSR count). The normalized spacial score (nSPS) is 22.1. The monoisotopic (exact) mass is 346 g/mol. The lowest BCUT2D eigenvalue weighted by atomic mass is 10.3. The van der Waals surface area contributed by atoms with Crippen LogP contribution in [0.2, 0.25) is 64.5 Å². The van der Waals surface area contributed by atoms with Crippen molar-refractivity contribution in [3.8, 4) is 0 Å². The van der Waals surface area contributed by atoms with Crippen molar-refractivity contribution in [3.63, 3.8) is 0 Å². The molecule has 0 aromatic rings. The molecule has 0 saturated carbocycles. The fraction of sp³-hybridized carbons (Fsp3) is 0.846. The van der Waals surface area contributed by atoms with Gasteiger partial charge in [0.1, 0.15) is 0 Å². The Balaban J connectivity index is 3.64. The molecule has 1 heterocycles. The number of esters is 2. The van der Waals surface area contributed by atoms with E-state index in [1.54, 1.807) is 0 Å². The fourth-order valence-corrected chi connectivity index (χ4v) is 109. The first-order valence-corrected chi connectivity index (χ1v) is 23.0. The van der Waals surface area contributed by atoms with E-state index in [1.165, 1.54) is 0 Å². The van der Waals surface area contributed by atoms with Gasteiger partial charge in [0.05, 0.1) is 18.6 Å². The van der Waals surface area contributed by atoms with Crippen molar-refractivity contribution < 1.29 is 14.3 Å². The number of hydrogen-bond donors (Lipinski definition) is 0. The molecule has 3 nitrogen and oxygen atoms in total. The third-order valence-electron chi connectivity index (χ3n) is 4.94. The summed E-state index contributed by atoms with van der Waals surface area (Å²) in [5.74, 6) is -0.472. The Morgan fingerprint density at radius 3 is 1.35 bits per heavy atom. The Morgan fingerprint density at radius 2 is 1.15 bits per heavy atom. The first kappa shape index (κ1) is 18.1. The van der Waals surface area contributed by atoms with Crippen molar-refractivity contribution >= 4 is 41.3 Å². The van der Waals surface area contributed by atoms with Crippen molar-refractivity contribution in [1.82, 2.24) is 0 Å². The molecule has 0 aromatic carbocycles. The van der Waals surface area contributed by atoms with Gasteiger partial charge in [0, 0.05) is 22.8 Å². The van der Waals surface area contributed by atoms with Gasteiger partial charge in [0.15, 0.2) is 0 Å². The second-order valence-corrected chi connectivity index (χ2v) is 50.0. The molecule has 0 amide bonds. The number of rotatable bonds is 4. The highest BCUT2D eigenvalue weighted by Crippen LogP contribution is 2.48. The second-order valence-electron chi connectivity index (χ2n) is 9.11.